The van der Waals surface area contributed by atoms with Crippen LogP contribution in [0.25, 0.3) is 22.2 Å². The minimum atomic E-state index is 0.116. The van der Waals surface area contributed by atoms with Crippen LogP contribution >= 0.6 is 0 Å². The minimum Gasteiger partial charge on any atom is -0.497 e. The Kier molecular flexibility index (Phi) is 5.57. The fourth-order valence-corrected chi connectivity index (χ4v) is 3.80. The summed E-state index contributed by atoms with van der Waals surface area (Å²) in [5.74, 6) is 0.938. The molecule has 0 unspecified atom stereocenters. The van der Waals surface area contributed by atoms with Gasteiger partial charge in [0, 0.05) is 55.4 Å². The quantitative estimate of drug-likeness (QED) is 0.505. The Labute approximate surface area is 176 Å². The number of para-hydroxylation sites is 1. The molecular weight excluding hydrogens is 376 g/mol. The van der Waals surface area contributed by atoms with Crippen molar-refractivity contribution in [3.63, 3.8) is 0 Å². The van der Waals surface area contributed by atoms with E-state index in [2.05, 4.69) is 22.2 Å². The minimum absolute atomic E-state index is 0.116. The zero-order chi connectivity index (χ0) is 21.1. The molecule has 2 heterocycles. The maximum Gasteiger partial charge on any atom is 0.222 e. The number of carbonyl (C=O) groups excluding carboxylic acids is 1. The predicted molar refractivity (Wildman–Crippen MR) is 118 cm³/mol. The summed E-state index contributed by atoms with van der Waals surface area (Å²) in [6, 6.07) is 16.2. The van der Waals surface area contributed by atoms with Gasteiger partial charge in [-0.2, -0.15) is 5.10 Å². The molecule has 0 radical (unpaired) electrons. The van der Waals surface area contributed by atoms with E-state index < -0.39 is 0 Å². The van der Waals surface area contributed by atoms with Crippen molar-refractivity contribution >= 4 is 16.8 Å². The number of hydrogen-bond acceptors (Lipinski definition) is 3. The van der Waals surface area contributed by atoms with E-state index >= 15 is 0 Å². The fraction of sp³-hybridized carbons (Fsp3) is 0.250. The number of carbonyl (C=O) groups is 1. The second-order valence-corrected chi connectivity index (χ2v) is 7.52. The summed E-state index contributed by atoms with van der Waals surface area (Å²) in [4.78, 5) is 18.1. The van der Waals surface area contributed by atoms with Gasteiger partial charge >= 0.3 is 0 Å². The van der Waals surface area contributed by atoms with E-state index in [1.807, 2.05) is 56.7 Å². The van der Waals surface area contributed by atoms with Gasteiger partial charge in [0.15, 0.2) is 0 Å². The van der Waals surface area contributed by atoms with Gasteiger partial charge in [-0.05, 0) is 47.9 Å². The van der Waals surface area contributed by atoms with E-state index in [1.54, 1.807) is 22.9 Å². The highest BCUT2D eigenvalue weighted by molar-refractivity contribution is 5.91. The van der Waals surface area contributed by atoms with Crippen LogP contribution in [-0.4, -0.2) is 39.7 Å². The zero-order valence-corrected chi connectivity index (χ0v) is 17.6. The molecule has 1 amide bonds. The van der Waals surface area contributed by atoms with Gasteiger partial charge in [-0.1, -0.05) is 18.2 Å². The van der Waals surface area contributed by atoms with Gasteiger partial charge in [0.1, 0.15) is 5.75 Å². The van der Waals surface area contributed by atoms with Crippen LogP contribution in [0.4, 0.5) is 0 Å². The number of rotatable bonds is 7. The molecule has 4 rings (SSSR count). The molecule has 0 spiro atoms. The average Bonchev–Trinajstić information content (AvgIpc) is 3.35. The molecule has 2 aromatic carbocycles. The third-order valence-corrected chi connectivity index (χ3v) is 5.39. The Hall–Kier alpha value is -3.54. The summed E-state index contributed by atoms with van der Waals surface area (Å²) in [7, 11) is 5.38. The summed E-state index contributed by atoms with van der Waals surface area (Å²) in [5.41, 5.74) is 5.41. The highest BCUT2D eigenvalue weighted by atomic mass is 16.5. The number of nitrogens with zero attached hydrogens (tertiary/aromatic N) is 3. The first kappa shape index (κ1) is 19.8. The molecule has 6 heteroatoms. The van der Waals surface area contributed by atoms with E-state index in [9.17, 15) is 4.79 Å². The maximum atomic E-state index is 12.8. The highest BCUT2D eigenvalue weighted by Crippen LogP contribution is 2.32. The molecule has 0 aliphatic rings. The van der Waals surface area contributed by atoms with Crippen molar-refractivity contribution in [1.29, 1.82) is 0 Å². The molecule has 6 nitrogen and oxygen atoms in total. The maximum absolute atomic E-state index is 12.8. The number of benzene rings is 2. The molecule has 1 N–H and O–H groups in total. The number of hydrogen-bond donors (Lipinski definition) is 1. The van der Waals surface area contributed by atoms with Crippen molar-refractivity contribution in [2.45, 2.75) is 19.4 Å². The summed E-state index contributed by atoms with van der Waals surface area (Å²) in [5, 5.41) is 5.33. The number of aromatic nitrogens is 3. The topological polar surface area (TPSA) is 63.2 Å². The van der Waals surface area contributed by atoms with Gasteiger partial charge in [0.2, 0.25) is 5.91 Å². The molecule has 0 aliphatic heterocycles. The Balaban J connectivity index is 1.56. The molecule has 0 fully saturated rings. The zero-order valence-electron chi connectivity index (χ0n) is 17.6. The molecule has 2 aromatic heterocycles. The Morgan fingerprint density at radius 2 is 1.93 bits per heavy atom. The second-order valence-electron chi connectivity index (χ2n) is 7.52. The first-order chi connectivity index (χ1) is 14.5. The van der Waals surface area contributed by atoms with Crippen molar-refractivity contribution in [2.24, 2.45) is 7.05 Å². The normalized spacial score (nSPS) is 11.0. The molecular formula is C24H26N4O2. The summed E-state index contributed by atoms with van der Waals surface area (Å²) < 4.78 is 7.03. The van der Waals surface area contributed by atoms with Crippen LogP contribution in [0.15, 0.2) is 60.9 Å². The van der Waals surface area contributed by atoms with Crippen LogP contribution in [0.3, 0.4) is 0 Å². The van der Waals surface area contributed by atoms with Gasteiger partial charge in [0.05, 0.1) is 13.3 Å². The highest BCUT2D eigenvalue weighted by Gasteiger charge is 2.16. The monoisotopic (exact) mass is 402 g/mol. The van der Waals surface area contributed by atoms with Crippen LogP contribution < -0.4 is 4.74 Å². The molecule has 30 heavy (non-hydrogen) atoms. The Morgan fingerprint density at radius 3 is 2.63 bits per heavy atom. The van der Waals surface area contributed by atoms with Gasteiger partial charge in [-0.15, -0.1) is 0 Å². The lowest BCUT2D eigenvalue weighted by molar-refractivity contribution is -0.130. The van der Waals surface area contributed by atoms with Crippen molar-refractivity contribution in [2.75, 3.05) is 14.2 Å². The Bertz CT molecular complexity index is 1160. The number of aromatic amines is 1. The van der Waals surface area contributed by atoms with E-state index in [-0.39, 0.29) is 5.91 Å². The summed E-state index contributed by atoms with van der Waals surface area (Å²) >= 11 is 0. The van der Waals surface area contributed by atoms with Crippen molar-refractivity contribution in [1.82, 2.24) is 19.7 Å². The molecule has 4 aromatic rings. The number of H-pyrrole nitrogens is 1. The average molecular weight is 402 g/mol. The lowest BCUT2D eigenvalue weighted by Crippen LogP contribution is -2.26. The van der Waals surface area contributed by atoms with Gasteiger partial charge in [0.25, 0.3) is 0 Å². The molecule has 0 bridgehead atoms. The van der Waals surface area contributed by atoms with Gasteiger partial charge in [-0.3, -0.25) is 9.48 Å². The lowest BCUT2D eigenvalue weighted by Gasteiger charge is -2.16. The van der Waals surface area contributed by atoms with Crippen LogP contribution in [0.1, 0.15) is 17.5 Å². The second kappa shape index (κ2) is 8.45. The molecule has 154 valence electrons. The van der Waals surface area contributed by atoms with E-state index in [0.717, 1.165) is 33.5 Å². The predicted octanol–water partition coefficient (Wildman–Crippen LogP) is 4.17. The smallest absolute Gasteiger partial charge is 0.222 e. The summed E-state index contributed by atoms with van der Waals surface area (Å²) in [6.45, 7) is 0.561. The SMILES string of the molecule is COc1ccc(-c2[nH]c3ccccc3c2CCC(=O)N(C)Cc2cnn(C)c2)cc1. The van der Waals surface area contributed by atoms with E-state index in [1.165, 1.54) is 5.56 Å². The van der Waals surface area contributed by atoms with Gasteiger partial charge in [-0.25, -0.2) is 0 Å². The number of nitrogens with one attached hydrogen (secondary N) is 1. The number of amides is 1. The van der Waals surface area contributed by atoms with Crippen molar-refractivity contribution < 1.29 is 9.53 Å². The van der Waals surface area contributed by atoms with Crippen LogP contribution in [0.5, 0.6) is 5.75 Å². The molecule has 0 saturated heterocycles. The van der Waals surface area contributed by atoms with Crippen LogP contribution in [0.2, 0.25) is 0 Å². The molecule has 0 atom stereocenters. The largest absolute Gasteiger partial charge is 0.497 e. The van der Waals surface area contributed by atoms with Crippen LogP contribution in [-0.2, 0) is 24.8 Å². The third kappa shape index (κ3) is 4.08. The van der Waals surface area contributed by atoms with E-state index in [0.29, 0.717) is 19.4 Å². The third-order valence-electron chi connectivity index (χ3n) is 5.39. The molecule has 0 aliphatic carbocycles. The Morgan fingerprint density at radius 1 is 1.17 bits per heavy atom. The standard InChI is InChI=1S/C24H26N4O2/c1-27(15-17-14-25-28(2)16-17)23(29)13-12-21-20-6-4-5-7-22(20)26-24(21)18-8-10-19(30-3)11-9-18/h4-11,14,16,26H,12-13,15H2,1-3H3. The summed E-state index contributed by atoms with van der Waals surface area (Å²) in [6.07, 6.45) is 4.85. The first-order valence-corrected chi connectivity index (χ1v) is 10.0. The fourth-order valence-electron chi connectivity index (χ4n) is 3.80. The number of methoxy groups -OCH3 is 1. The number of ether oxygens (including phenoxy) is 1. The lowest BCUT2D eigenvalue weighted by atomic mass is 10.0. The van der Waals surface area contributed by atoms with Crippen molar-refractivity contribution in [3.05, 3.63) is 72.1 Å². The van der Waals surface area contributed by atoms with Crippen molar-refractivity contribution in [3.8, 4) is 17.0 Å². The molecule has 0 saturated carbocycles. The van der Waals surface area contributed by atoms with E-state index in [4.69, 9.17) is 4.74 Å². The van der Waals surface area contributed by atoms with Crippen LogP contribution in [0, 0.1) is 0 Å². The number of aryl methyl sites for hydroxylation is 2. The number of fused-ring (bicyclic) bond motifs is 1. The first-order valence-electron chi connectivity index (χ1n) is 10.0. The van der Waals surface area contributed by atoms with Gasteiger partial charge < -0.3 is 14.6 Å².